The Morgan fingerprint density at radius 2 is 1.95 bits per heavy atom. The van der Waals surface area contributed by atoms with Crippen LogP contribution >= 0.6 is 12.4 Å². The van der Waals surface area contributed by atoms with Crippen LogP contribution in [0, 0.1) is 5.92 Å². The van der Waals surface area contributed by atoms with Gasteiger partial charge in [-0.15, -0.1) is 12.4 Å². The fourth-order valence-electron chi connectivity index (χ4n) is 3.56. The highest BCUT2D eigenvalue weighted by Gasteiger charge is 2.26. The van der Waals surface area contributed by atoms with E-state index in [-0.39, 0.29) is 24.4 Å². The number of piperidine rings is 1. The smallest absolute Gasteiger partial charge is 0.220 e. The van der Waals surface area contributed by atoms with Crippen molar-refractivity contribution < 1.29 is 9.00 Å². The number of rotatable bonds is 6. The van der Waals surface area contributed by atoms with Gasteiger partial charge < -0.3 is 10.6 Å². The molecule has 3 atom stereocenters. The van der Waals surface area contributed by atoms with Gasteiger partial charge in [0.15, 0.2) is 0 Å². The predicted molar refractivity (Wildman–Crippen MR) is 94.9 cm³/mol. The number of hydrogen-bond acceptors (Lipinski definition) is 3. The monoisotopic (exact) mass is 350 g/mol. The van der Waals surface area contributed by atoms with Crippen molar-refractivity contribution in [1.29, 1.82) is 0 Å². The zero-order valence-corrected chi connectivity index (χ0v) is 15.3. The van der Waals surface area contributed by atoms with Gasteiger partial charge in [0.05, 0.1) is 0 Å². The van der Waals surface area contributed by atoms with Crippen LogP contribution in [0.25, 0.3) is 0 Å². The zero-order chi connectivity index (χ0) is 15.1. The number of nitrogens with one attached hydrogen (secondary N) is 2. The molecule has 1 heterocycles. The van der Waals surface area contributed by atoms with E-state index < -0.39 is 10.8 Å². The summed E-state index contributed by atoms with van der Waals surface area (Å²) in [5.74, 6) is 1.64. The van der Waals surface area contributed by atoms with E-state index in [1.54, 1.807) is 0 Å². The van der Waals surface area contributed by atoms with Crippen molar-refractivity contribution in [3.8, 4) is 0 Å². The maximum absolute atomic E-state index is 12.1. The van der Waals surface area contributed by atoms with Crippen LogP contribution in [0.5, 0.6) is 0 Å². The van der Waals surface area contributed by atoms with Crippen LogP contribution in [0.3, 0.4) is 0 Å². The number of carbonyl (C=O) groups is 1. The van der Waals surface area contributed by atoms with Gasteiger partial charge in [-0.3, -0.25) is 9.00 Å². The molecule has 1 saturated heterocycles. The van der Waals surface area contributed by atoms with E-state index in [1.165, 1.54) is 12.8 Å². The number of halogens is 1. The fourth-order valence-corrected chi connectivity index (χ4v) is 4.90. The van der Waals surface area contributed by atoms with Crippen molar-refractivity contribution in [2.45, 2.75) is 69.6 Å². The molecule has 2 rings (SSSR count). The van der Waals surface area contributed by atoms with Gasteiger partial charge in [0.1, 0.15) is 0 Å². The summed E-state index contributed by atoms with van der Waals surface area (Å²) in [7, 11) is -0.715. The van der Waals surface area contributed by atoms with Crippen LogP contribution in [0.15, 0.2) is 0 Å². The second-order valence-electron chi connectivity index (χ2n) is 6.45. The van der Waals surface area contributed by atoms with Crippen molar-refractivity contribution in [2.24, 2.45) is 5.92 Å². The maximum atomic E-state index is 12.1. The third-order valence-electron chi connectivity index (χ3n) is 4.89. The maximum Gasteiger partial charge on any atom is 0.220 e. The van der Waals surface area contributed by atoms with E-state index in [0.29, 0.717) is 17.6 Å². The summed E-state index contributed by atoms with van der Waals surface area (Å²) < 4.78 is 11.9. The molecular weight excluding hydrogens is 320 g/mol. The second-order valence-corrected chi connectivity index (χ2v) is 8.46. The minimum absolute atomic E-state index is 0. The number of hydrogen-bond donors (Lipinski definition) is 2. The molecule has 0 bridgehead atoms. The molecule has 0 spiro atoms. The van der Waals surface area contributed by atoms with Gasteiger partial charge in [-0.25, -0.2) is 0 Å². The summed E-state index contributed by atoms with van der Waals surface area (Å²) in [5, 5.41) is 6.83. The molecule has 0 aromatic heterocycles. The lowest BCUT2D eigenvalue weighted by Crippen LogP contribution is -2.41. The zero-order valence-electron chi connectivity index (χ0n) is 13.6. The van der Waals surface area contributed by atoms with Crippen molar-refractivity contribution in [2.75, 3.05) is 18.8 Å². The van der Waals surface area contributed by atoms with E-state index in [0.717, 1.165) is 50.9 Å². The van der Waals surface area contributed by atoms with E-state index in [9.17, 15) is 9.00 Å². The molecule has 1 aliphatic carbocycles. The van der Waals surface area contributed by atoms with Gasteiger partial charge in [0.2, 0.25) is 5.91 Å². The Hall–Kier alpha value is -0.130. The summed E-state index contributed by atoms with van der Waals surface area (Å²) in [6.45, 7) is 4.18. The second kappa shape index (κ2) is 10.6. The molecule has 0 aromatic carbocycles. The van der Waals surface area contributed by atoms with Crippen LogP contribution in [0.2, 0.25) is 0 Å². The van der Waals surface area contributed by atoms with Gasteiger partial charge in [0.25, 0.3) is 0 Å². The Morgan fingerprint density at radius 3 is 2.64 bits per heavy atom. The quantitative estimate of drug-likeness (QED) is 0.773. The summed E-state index contributed by atoms with van der Waals surface area (Å²) in [6.07, 6.45) is 8.18. The standard InChI is InChI=1S/C16H30N2O2S.ClH/c1-2-21(20)15-5-3-4-14(12-15)18-16(19)7-6-13-8-10-17-11-9-13;/h13-15,17H,2-12H2,1H3,(H,18,19);1H. The molecule has 0 aromatic rings. The molecule has 1 aliphatic heterocycles. The van der Waals surface area contributed by atoms with Gasteiger partial charge >= 0.3 is 0 Å². The molecule has 1 saturated carbocycles. The van der Waals surface area contributed by atoms with Crippen LogP contribution in [0.1, 0.15) is 58.3 Å². The number of amides is 1. The lowest BCUT2D eigenvalue weighted by Gasteiger charge is -2.29. The average molecular weight is 351 g/mol. The molecule has 22 heavy (non-hydrogen) atoms. The Morgan fingerprint density at radius 1 is 1.23 bits per heavy atom. The third-order valence-corrected chi connectivity index (χ3v) is 6.63. The molecule has 4 nitrogen and oxygen atoms in total. The Labute approximate surface area is 143 Å². The molecular formula is C16H31ClN2O2S. The topological polar surface area (TPSA) is 58.2 Å². The number of carbonyl (C=O) groups excluding carboxylic acids is 1. The summed E-state index contributed by atoms with van der Waals surface area (Å²) in [4.78, 5) is 12.1. The molecule has 2 aliphatic rings. The van der Waals surface area contributed by atoms with Crippen molar-refractivity contribution >= 4 is 29.1 Å². The molecule has 2 fully saturated rings. The molecule has 130 valence electrons. The van der Waals surface area contributed by atoms with Crippen molar-refractivity contribution in [3.63, 3.8) is 0 Å². The first-order valence-electron chi connectivity index (χ1n) is 8.56. The van der Waals surface area contributed by atoms with Crippen molar-refractivity contribution in [1.82, 2.24) is 10.6 Å². The largest absolute Gasteiger partial charge is 0.353 e. The van der Waals surface area contributed by atoms with Gasteiger partial charge in [-0.1, -0.05) is 13.3 Å². The first-order valence-corrected chi connectivity index (χ1v) is 9.94. The molecule has 2 N–H and O–H groups in total. The fraction of sp³-hybridized carbons (Fsp3) is 0.938. The Balaban J connectivity index is 0.00000242. The predicted octanol–water partition coefficient (Wildman–Crippen LogP) is 2.38. The van der Waals surface area contributed by atoms with Crippen LogP contribution in [-0.4, -0.2) is 40.3 Å². The highest BCUT2D eigenvalue weighted by molar-refractivity contribution is 7.85. The van der Waals surface area contributed by atoms with E-state index in [2.05, 4.69) is 10.6 Å². The summed E-state index contributed by atoms with van der Waals surface area (Å²) in [6, 6.07) is 0.250. The highest BCUT2D eigenvalue weighted by atomic mass is 35.5. The van der Waals surface area contributed by atoms with E-state index in [1.807, 2.05) is 6.92 Å². The summed E-state index contributed by atoms with van der Waals surface area (Å²) in [5.41, 5.74) is 0. The van der Waals surface area contributed by atoms with Crippen LogP contribution in [0.4, 0.5) is 0 Å². The minimum Gasteiger partial charge on any atom is -0.353 e. The average Bonchev–Trinajstić information content (AvgIpc) is 2.53. The van der Waals surface area contributed by atoms with Crippen LogP contribution in [-0.2, 0) is 15.6 Å². The molecule has 0 radical (unpaired) electrons. The lowest BCUT2D eigenvalue weighted by atomic mass is 9.92. The van der Waals surface area contributed by atoms with E-state index in [4.69, 9.17) is 0 Å². The molecule has 3 unspecified atom stereocenters. The highest BCUT2D eigenvalue weighted by Crippen LogP contribution is 2.23. The first kappa shape index (κ1) is 19.9. The van der Waals surface area contributed by atoms with Gasteiger partial charge in [-0.2, -0.15) is 0 Å². The molecule has 6 heteroatoms. The Kier molecular flexibility index (Phi) is 9.60. The SMILES string of the molecule is CCS(=O)C1CCCC(NC(=O)CCC2CCNCC2)C1.Cl. The van der Waals surface area contributed by atoms with Gasteiger partial charge in [0, 0.05) is 34.3 Å². The first-order chi connectivity index (χ1) is 10.2. The van der Waals surface area contributed by atoms with Crippen LogP contribution < -0.4 is 10.6 Å². The third kappa shape index (κ3) is 6.55. The van der Waals surface area contributed by atoms with Gasteiger partial charge in [-0.05, 0) is 57.5 Å². The Bertz CT molecular complexity index is 362. The molecule has 1 amide bonds. The minimum atomic E-state index is -0.715. The lowest BCUT2D eigenvalue weighted by molar-refractivity contribution is -0.122. The summed E-state index contributed by atoms with van der Waals surface area (Å²) >= 11 is 0. The normalized spacial score (nSPS) is 27.7. The van der Waals surface area contributed by atoms with Crippen molar-refractivity contribution in [3.05, 3.63) is 0 Å². The van der Waals surface area contributed by atoms with E-state index >= 15 is 0 Å².